The van der Waals surface area contributed by atoms with Crippen molar-refractivity contribution in [2.24, 2.45) is 0 Å². The Bertz CT molecular complexity index is 409. The summed E-state index contributed by atoms with van der Waals surface area (Å²) in [5.41, 5.74) is 0.907. The molecule has 0 aromatic heterocycles. The summed E-state index contributed by atoms with van der Waals surface area (Å²) in [7, 11) is 0. The fourth-order valence-electron chi connectivity index (χ4n) is 2.36. The van der Waals surface area contributed by atoms with Gasteiger partial charge in [-0.05, 0) is 17.7 Å². The third-order valence-electron chi connectivity index (χ3n) is 3.16. The first-order valence-corrected chi connectivity index (χ1v) is 5.31. The van der Waals surface area contributed by atoms with Crippen LogP contribution in [-0.4, -0.2) is 12.2 Å². The second-order valence-corrected chi connectivity index (χ2v) is 4.59. The van der Waals surface area contributed by atoms with Gasteiger partial charge >= 0.3 is 6.09 Å². The molecule has 1 aromatic rings. The van der Waals surface area contributed by atoms with Crippen LogP contribution in [0.5, 0.6) is 0 Å². The first kappa shape index (κ1) is 9.04. The minimum Gasteiger partial charge on any atom is -0.446 e. The van der Waals surface area contributed by atoms with Gasteiger partial charge in [-0.1, -0.05) is 23.7 Å². The predicted octanol–water partition coefficient (Wildman–Crippen LogP) is 2.44. The predicted molar refractivity (Wildman–Crippen MR) is 55.8 cm³/mol. The Hall–Kier alpha value is -1.22. The lowest BCUT2D eigenvalue weighted by Gasteiger charge is -2.51. The van der Waals surface area contributed by atoms with Gasteiger partial charge in [0.05, 0.1) is 5.54 Å². The van der Waals surface area contributed by atoms with E-state index < -0.39 is 0 Å². The zero-order valence-corrected chi connectivity index (χ0v) is 8.75. The van der Waals surface area contributed by atoms with Crippen molar-refractivity contribution < 1.29 is 9.53 Å². The number of rotatable bonds is 1. The Kier molecular flexibility index (Phi) is 1.74. The molecule has 3 fully saturated rings. The lowest BCUT2D eigenvalue weighted by molar-refractivity contribution is -0.0588. The average molecular weight is 224 g/mol. The number of hydrogen-bond donors (Lipinski definition) is 1. The number of nitrogens with one attached hydrogen (secondary N) is 1. The molecule has 2 bridgehead atoms. The molecule has 2 saturated heterocycles. The van der Waals surface area contributed by atoms with E-state index in [1.807, 2.05) is 24.3 Å². The number of carbonyl (C=O) groups excluding carboxylic acids is 1. The lowest BCUT2D eigenvalue weighted by Crippen LogP contribution is -2.63. The van der Waals surface area contributed by atoms with Gasteiger partial charge in [0.1, 0.15) is 6.10 Å². The molecule has 0 radical (unpaired) electrons. The zero-order chi connectivity index (χ0) is 10.5. The molecule has 15 heavy (non-hydrogen) atoms. The highest BCUT2D eigenvalue weighted by Gasteiger charge is 2.52. The highest BCUT2D eigenvalue weighted by molar-refractivity contribution is 6.30. The highest BCUT2D eigenvalue weighted by Crippen LogP contribution is 2.46. The molecule has 1 aliphatic carbocycles. The number of benzene rings is 1. The SMILES string of the molecule is O=C1N[C@]2(c3ccc(Cl)cc3)C[C@H](C2)O1. The summed E-state index contributed by atoms with van der Waals surface area (Å²) < 4.78 is 5.05. The molecule has 1 amide bonds. The minimum atomic E-state index is -0.313. The fourth-order valence-corrected chi connectivity index (χ4v) is 2.48. The topological polar surface area (TPSA) is 38.3 Å². The van der Waals surface area contributed by atoms with E-state index >= 15 is 0 Å². The number of carbonyl (C=O) groups is 1. The minimum absolute atomic E-state index is 0.0921. The molecular weight excluding hydrogens is 214 g/mol. The number of ether oxygens (including phenoxy) is 1. The summed E-state index contributed by atoms with van der Waals surface area (Å²) >= 11 is 5.83. The Morgan fingerprint density at radius 3 is 2.60 bits per heavy atom. The van der Waals surface area contributed by atoms with Crippen LogP contribution in [0.1, 0.15) is 18.4 Å². The fraction of sp³-hybridized carbons (Fsp3) is 0.364. The molecule has 0 unspecified atom stereocenters. The Morgan fingerprint density at radius 2 is 2.00 bits per heavy atom. The molecule has 2 heterocycles. The van der Waals surface area contributed by atoms with E-state index in [-0.39, 0.29) is 17.7 Å². The third-order valence-corrected chi connectivity index (χ3v) is 3.42. The second kappa shape index (κ2) is 2.89. The van der Waals surface area contributed by atoms with E-state index in [9.17, 15) is 4.79 Å². The smallest absolute Gasteiger partial charge is 0.408 e. The molecule has 3 nitrogen and oxygen atoms in total. The van der Waals surface area contributed by atoms with E-state index in [4.69, 9.17) is 16.3 Å². The normalized spacial score (nSPS) is 32.6. The Morgan fingerprint density at radius 1 is 1.33 bits per heavy atom. The molecule has 1 aromatic carbocycles. The summed E-state index contributed by atoms with van der Waals surface area (Å²) in [4.78, 5) is 11.2. The second-order valence-electron chi connectivity index (χ2n) is 4.15. The van der Waals surface area contributed by atoms with Gasteiger partial charge in [-0.2, -0.15) is 0 Å². The highest BCUT2D eigenvalue weighted by atomic mass is 35.5. The van der Waals surface area contributed by atoms with Crippen molar-refractivity contribution in [1.82, 2.24) is 5.32 Å². The van der Waals surface area contributed by atoms with Gasteiger partial charge in [0.2, 0.25) is 0 Å². The molecule has 4 heteroatoms. The first-order valence-electron chi connectivity index (χ1n) is 4.93. The van der Waals surface area contributed by atoms with E-state index in [1.165, 1.54) is 0 Å². The Labute approximate surface area is 92.4 Å². The maximum atomic E-state index is 11.2. The monoisotopic (exact) mass is 223 g/mol. The quantitative estimate of drug-likeness (QED) is 0.794. The lowest BCUT2D eigenvalue weighted by atomic mass is 9.69. The number of hydrogen-bond acceptors (Lipinski definition) is 2. The van der Waals surface area contributed by atoms with Gasteiger partial charge in [-0.25, -0.2) is 4.79 Å². The van der Waals surface area contributed by atoms with E-state index in [0.29, 0.717) is 5.02 Å². The van der Waals surface area contributed by atoms with Gasteiger partial charge in [-0.3, -0.25) is 0 Å². The standard InChI is InChI=1S/C11H10ClNO2/c12-8-3-1-7(2-4-8)11-5-9(6-11)15-10(14)13-11/h1-4,9H,5-6H2,(H,13,14)/t9-,11-. The molecular formula is C11H10ClNO2. The van der Waals surface area contributed by atoms with Crippen molar-refractivity contribution in [3.05, 3.63) is 34.9 Å². The zero-order valence-electron chi connectivity index (χ0n) is 8.00. The maximum absolute atomic E-state index is 11.2. The summed E-state index contributed by atoms with van der Waals surface area (Å²) in [5.74, 6) is 0. The van der Waals surface area contributed by atoms with Crippen LogP contribution in [0.4, 0.5) is 4.79 Å². The molecule has 0 spiro atoms. The number of fused-ring (bicyclic) bond motifs is 2. The van der Waals surface area contributed by atoms with Crippen LogP contribution < -0.4 is 5.32 Å². The van der Waals surface area contributed by atoms with Crippen LogP contribution in [0.3, 0.4) is 0 Å². The van der Waals surface area contributed by atoms with Crippen molar-refractivity contribution in [3.63, 3.8) is 0 Å². The summed E-state index contributed by atoms with van der Waals surface area (Å²) in [6.07, 6.45) is 1.50. The molecule has 1 N–H and O–H groups in total. The largest absolute Gasteiger partial charge is 0.446 e. The number of halogens is 1. The molecule has 78 valence electrons. The van der Waals surface area contributed by atoms with Gasteiger partial charge in [0, 0.05) is 17.9 Å². The molecule has 4 rings (SSSR count). The van der Waals surface area contributed by atoms with Crippen molar-refractivity contribution >= 4 is 17.7 Å². The molecule has 0 atom stereocenters. The summed E-state index contributed by atoms with van der Waals surface area (Å²) in [6, 6.07) is 7.62. The third kappa shape index (κ3) is 1.30. The number of alkyl carbamates (subject to hydrolysis) is 1. The van der Waals surface area contributed by atoms with Crippen molar-refractivity contribution in [3.8, 4) is 0 Å². The maximum Gasteiger partial charge on any atom is 0.408 e. The van der Waals surface area contributed by atoms with Gasteiger partial charge in [0.25, 0.3) is 0 Å². The van der Waals surface area contributed by atoms with Crippen LogP contribution in [0.15, 0.2) is 24.3 Å². The van der Waals surface area contributed by atoms with Gasteiger partial charge < -0.3 is 10.1 Å². The van der Waals surface area contributed by atoms with Crippen LogP contribution in [0, 0.1) is 0 Å². The van der Waals surface area contributed by atoms with Crippen LogP contribution in [-0.2, 0) is 10.3 Å². The molecule has 1 saturated carbocycles. The van der Waals surface area contributed by atoms with Crippen LogP contribution >= 0.6 is 11.6 Å². The average Bonchev–Trinajstić information content (AvgIpc) is 2.16. The van der Waals surface area contributed by atoms with Crippen LogP contribution in [0.25, 0.3) is 0 Å². The molecule has 3 aliphatic rings. The van der Waals surface area contributed by atoms with Crippen molar-refractivity contribution in [2.75, 3.05) is 0 Å². The Balaban J connectivity index is 1.93. The molecule has 2 aliphatic heterocycles. The first-order chi connectivity index (χ1) is 7.18. The van der Waals surface area contributed by atoms with E-state index in [1.54, 1.807) is 0 Å². The summed E-state index contributed by atoms with van der Waals surface area (Å²) in [6.45, 7) is 0. The van der Waals surface area contributed by atoms with Gasteiger partial charge in [0.15, 0.2) is 0 Å². The van der Waals surface area contributed by atoms with Crippen molar-refractivity contribution in [2.45, 2.75) is 24.5 Å². The van der Waals surface area contributed by atoms with E-state index in [2.05, 4.69) is 5.32 Å². The van der Waals surface area contributed by atoms with Crippen molar-refractivity contribution in [1.29, 1.82) is 0 Å². The van der Waals surface area contributed by atoms with E-state index in [0.717, 1.165) is 18.4 Å². The van der Waals surface area contributed by atoms with Gasteiger partial charge in [-0.15, -0.1) is 0 Å². The summed E-state index contributed by atoms with van der Waals surface area (Å²) in [5, 5.41) is 3.60. The van der Waals surface area contributed by atoms with Crippen LogP contribution in [0.2, 0.25) is 5.02 Å². The number of amides is 1.